The number of anilines is 1. The first kappa shape index (κ1) is 13.3. The molecule has 7 heteroatoms. The molecule has 3 rings (SSSR count). The summed E-state index contributed by atoms with van der Waals surface area (Å²) in [4.78, 5) is 6.58. The highest BCUT2D eigenvalue weighted by molar-refractivity contribution is 6.30. The standard InChI is InChI=1S/C13H14ClFN4O/c1-18-13(19-2-4-20-5-3-19)16-12(17-18)9-6-10(14)8-11(15)7-9/h6-8H,2-5H2,1H3. The lowest BCUT2D eigenvalue weighted by Gasteiger charge is -2.26. The average molecular weight is 297 g/mol. The molecule has 106 valence electrons. The number of hydrogen-bond donors (Lipinski definition) is 0. The van der Waals surface area contributed by atoms with Crippen molar-refractivity contribution >= 4 is 17.5 Å². The Balaban J connectivity index is 1.95. The lowest BCUT2D eigenvalue weighted by Crippen LogP contribution is -2.37. The third-order valence-electron chi connectivity index (χ3n) is 3.15. The molecule has 2 aromatic rings. The van der Waals surface area contributed by atoms with Crippen LogP contribution in [0.2, 0.25) is 5.02 Å². The van der Waals surface area contributed by atoms with Crippen molar-refractivity contribution in [1.82, 2.24) is 14.8 Å². The van der Waals surface area contributed by atoms with Crippen LogP contribution in [0.15, 0.2) is 18.2 Å². The van der Waals surface area contributed by atoms with Crippen LogP contribution in [-0.4, -0.2) is 41.1 Å². The number of morpholine rings is 1. The Bertz CT molecular complexity index is 605. The van der Waals surface area contributed by atoms with Crippen molar-refractivity contribution in [3.63, 3.8) is 0 Å². The van der Waals surface area contributed by atoms with Gasteiger partial charge in [0.25, 0.3) is 0 Å². The summed E-state index contributed by atoms with van der Waals surface area (Å²) in [5, 5.41) is 4.67. The zero-order chi connectivity index (χ0) is 14.1. The zero-order valence-corrected chi connectivity index (χ0v) is 11.8. The monoisotopic (exact) mass is 296 g/mol. The second-order valence-electron chi connectivity index (χ2n) is 4.62. The first-order valence-corrected chi connectivity index (χ1v) is 6.71. The third kappa shape index (κ3) is 2.62. The number of halogens is 2. The van der Waals surface area contributed by atoms with Gasteiger partial charge in [0.2, 0.25) is 5.95 Å². The molecule has 0 N–H and O–H groups in total. The van der Waals surface area contributed by atoms with Gasteiger partial charge in [-0.25, -0.2) is 9.07 Å². The van der Waals surface area contributed by atoms with Gasteiger partial charge in [-0.15, -0.1) is 5.10 Å². The van der Waals surface area contributed by atoms with Crippen molar-refractivity contribution < 1.29 is 9.13 Å². The number of ether oxygens (including phenoxy) is 1. The van der Waals surface area contributed by atoms with Gasteiger partial charge >= 0.3 is 0 Å². The Morgan fingerprint density at radius 3 is 2.70 bits per heavy atom. The molecule has 1 aromatic carbocycles. The first-order chi connectivity index (χ1) is 9.63. The van der Waals surface area contributed by atoms with Crippen molar-refractivity contribution in [3.8, 4) is 11.4 Å². The Hall–Kier alpha value is -1.66. The summed E-state index contributed by atoms with van der Waals surface area (Å²) in [5.74, 6) is 0.826. The summed E-state index contributed by atoms with van der Waals surface area (Å²) < 4.78 is 20.4. The predicted molar refractivity (Wildman–Crippen MR) is 74.4 cm³/mol. The van der Waals surface area contributed by atoms with E-state index >= 15 is 0 Å². The van der Waals surface area contributed by atoms with E-state index < -0.39 is 5.82 Å². The second kappa shape index (κ2) is 5.38. The van der Waals surface area contributed by atoms with Crippen LogP contribution in [0.4, 0.5) is 10.3 Å². The van der Waals surface area contributed by atoms with Gasteiger partial charge in [0.1, 0.15) is 5.82 Å². The summed E-state index contributed by atoms with van der Waals surface area (Å²) >= 11 is 5.87. The zero-order valence-electron chi connectivity index (χ0n) is 11.0. The molecule has 0 bridgehead atoms. The van der Waals surface area contributed by atoms with Crippen LogP contribution in [0.3, 0.4) is 0 Å². The molecule has 1 aromatic heterocycles. The highest BCUT2D eigenvalue weighted by Gasteiger charge is 2.18. The lowest BCUT2D eigenvalue weighted by atomic mass is 10.2. The molecule has 0 atom stereocenters. The van der Waals surface area contributed by atoms with E-state index in [0.717, 1.165) is 19.0 Å². The molecular formula is C13H14ClFN4O. The number of benzene rings is 1. The molecule has 1 aliphatic heterocycles. The third-order valence-corrected chi connectivity index (χ3v) is 3.37. The highest BCUT2D eigenvalue weighted by atomic mass is 35.5. The summed E-state index contributed by atoms with van der Waals surface area (Å²) in [5.41, 5.74) is 0.574. The van der Waals surface area contributed by atoms with Crippen molar-refractivity contribution in [2.45, 2.75) is 0 Å². The number of aromatic nitrogens is 3. The minimum Gasteiger partial charge on any atom is -0.378 e. The first-order valence-electron chi connectivity index (χ1n) is 6.34. The topological polar surface area (TPSA) is 43.2 Å². The summed E-state index contributed by atoms with van der Waals surface area (Å²) in [6, 6.07) is 4.30. The van der Waals surface area contributed by atoms with Crippen LogP contribution < -0.4 is 4.90 Å². The second-order valence-corrected chi connectivity index (χ2v) is 5.05. The van der Waals surface area contributed by atoms with Gasteiger partial charge in [-0.3, -0.25) is 0 Å². The molecule has 0 saturated carbocycles. The Morgan fingerprint density at radius 1 is 1.25 bits per heavy atom. The molecule has 0 spiro atoms. The molecule has 1 saturated heterocycles. The maximum atomic E-state index is 13.4. The van der Waals surface area contributed by atoms with E-state index in [0.29, 0.717) is 29.6 Å². The average Bonchev–Trinajstić information content (AvgIpc) is 2.81. The molecule has 1 aliphatic rings. The maximum Gasteiger partial charge on any atom is 0.224 e. The van der Waals surface area contributed by atoms with Gasteiger partial charge in [0.15, 0.2) is 5.82 Å². The summed E-state index contributed by atoms with van der Waals surface area (Å²) in [7, 11) is 1.82. The van der Waals surface area contributed by atoms with E-state index in [9.17, 15) is 4.39 Å². The predicted octanol–water partition coefficient (Wildman–Crippen LogP) is 2.11. The minimum atomic E-state index is -0.395. The van der Waals surface area contributed by atoms with Crippen LogP contribution in [0.25, 0.3) is 11.4 Å². The van der Waals surface area contributed by atoms with Crippen LogP contribution in [0.5, 0.6) is 0 Å². The summed E-state index contributed by atoms with van der Waals surface area (Å²) in [6.45, 7) is 2.90. The Kier molecular flexibility index (Phi) is 3.58. The largest absolute Gasteiger partial charge is 0.378 e. The molecular weight excluding hydrogens is 283 g/mol. The Morgan fingerprint density at radius 2 is 2.00 bits per heavy atom. The molecule has 0 aliphatic carbocycles. The van der Waals surface area contributed by atoms with E-state index in [1.165, 1.54) is 12.1 Å². The van der Waals surface area contributed by atoms with Gasteiger partial charge in [-0.2, -0.15) is 4.98 Å². The molecule has 20 heavy (non-hydrogen) atoms. The fourth-order valence-electron chi connectivity index (χ4n) is 2.22. The van der Waals surface area contributed by atoms with Crippen LogP contribution in [0.1, 0.15) is 0 Å². The van der Waals surface area contributed by atoms with E-state index in [2.05, 4.69) is 15.0 Å². The van der Waals surface area contributed by atoms with E-state index in [4.69, 9.17) is 16.3 Å². The fourth-order valence-corrected chi connectivity index (χ4v) is 2.44. The van der Waals surface area contributed by atoms with Crippen LogP contribution in [-0.2, 0) is 11.8 Å². The highest BCUT2D eigenvalue weighted by Crippen LogP contribution is 2.24. The van der Waals surface area contributed by atoms with Crippen LogP contribution >= 0.6 is 11.6 Å². The van der Waals surface area contributed by atoms with Gasteiger partial charge in [-0.05, 0) is 18.2 Å². The van der Waals surface area contributed by atoms with Gasteiger partial charge < -0.3 is 9.64 Å². The normalized spacial score (nSPS) is 15.7. The number of nitrogens with zero attached hydrogens (tertiary/aromatic N) is 4. The smallest absolute Gasteiger partial charge is 0.224 e. The molecule has 0 unspecified atom stereocenters. The van der Waals surface area contributed by atoms with Crippen molar-refractivity contribution in [3.05, 3.63) is 29.0 Å². The number of aryl methyl sites for hydroxylation is 1. The van der Waals surface area contributed by atoms with E-state index in [1.54, 1.807) is 10.7 Å². The number of rotatable bonds is 2. The molecule has 0 radical (unpaired) electrons. The molecule has 0 amide bonds. The summed E-state index contributed by atoms with van der Waals surface area (Å²) in [6.07, 6.45) is 0. The lowest BCUT2D eigenvalue weighted by molar-refractivity contribution is 0.121. The Labute approximate surface area is 120 Å². The van der Waals surface area contributed by atoms with E-state index in [1.807, 2.05) is 7.05 Å². The van der Waals surface area contributed by atoms with Gasteiger partial charge in [0, 0.05) is 30.7 Å². The van der Waals surface area contributed by atoms with Gasteiger partial charge in [0.05, 0.1) is 13.2 Å². The van der Waals surface area contributed by atoms with Gasteiger partial charge in [-0.1, -0.05) is 11.6 Å². The van der Waals surface area contributed by atoms with Crippen molar-refractivity contribution in [2.75, 3.05) is 31.2 Å². The van der Waals surface area contributed by atoms with Crippen molar-refractivity contribution in [2.24, 2.45) is 7.05 Å². The fraction of sp³-hybridized carbons (Fsp3) is 0.385. The van der Waals surface area contributed by atoms with Crippen molar-refractivity contribution in [1.29, 1.82) is 0 Å². The SMILES string of the molecule is Cn1nc(-c2cc(F)cc(Cl)c2)nc1N1CCOCC1. The molecule has 5 nitrogen and oxygen atoms in total. The minimum absolute atomic E-state index is 0.334. The molecule has 1 fully saturated rings. The van der Waals surface area contributed by atoms with Crippen LogP contribution in [0, 0.1) is 5.82 Å². The molecule has 2 heterocycles. The maximum absolute atomic E-state index is 13.4. The number of hydrogen-bond acceptors (Lipinski definition) is 4. The van der Waals surface area contributed by atoms with E-state index in [-0.39, 0.29) is 0 Å². The quantitative estimate of drug-likeness (QED) is 0.851.